The van der Waals surface area contributed by atoms with Gasteiger partial charge in [0.1, 0.15) is 5.75 Å². The number of rotatable bonds is 3. The first kappa shape index (κ1) is 12.2. The second kappa shape index (κ2) is 5.03. The summed E-state index contributed by atoms with van der Waals surface area (Å²) >= 11 is 1.66. The Labute approximate surface area is 115 Å². The van der Waals surface area contributed by atoms with Crippen LogP contribution in [0, 0.1) is 0 Å². The molecular weight excluding hydrogens is 256 g/mol. The lowest BCUT2D eigenvalue weighted by atomic mass is 10.0. The first-order valence-electron chi connectivity index (χ1n) is 6.16. The van der Waals surface area contributed by atoms with Gasteiger partial charge in [-0.15, -0.1) is 11.3 Å². The minimum absolute atomic E-state index is 0.249. The number of aliphatic hydroxyl groups is 1. The third-order valence-electron chi connectivity index (χ3n) is 3.24. The van der Waals surface area contributed by atoms with Gasteiger partial charge in [-0.1, -0.05) is 30.3 Å². The lowest BCUT2D eigenvalue weighted by molar-refractivity contribution is 0.180. The number of hydrogen-bond donors (Lipinski definition) is 2. The van der Waals surface area contributed by atoms with Gasteiger partial charge in [0.15, 0.2) is 0 Å². The van der Waals surface area contributed by atoms with E-state index in [0.29, 0.717) is 6.42 Å². The molecule has 3 rings (SSSR count). The first-order valence-corrected chi connectivity index (χ1v) is 7.04. The van der Waals surface area contributed by atoms with Crippen molar-refractivity contribution in [1.82, 2.24) is 0 Å². The molecule has 0 aliphatic carbocycles. The van der Waals surface area contributed by atoms with Crippen LogP contribution in [0.25, 0.3) is 10.1 Å². The minimum atomic E-state index is -0.513. The summed E-state index contributed by atoms with van der Waals surface area (Å²) in [6.07, 6.45) is 0.0433. The molecule has 96 valence electrons. The van der Waals surface area contributed by atoms with Crippen LogP contribution in [0.3, 0.4) is 0 Å². The van der Waals surface area contributed by atoms with Crippen molar-refractivity contribution in [3.8, 4) is 5.75 Å². The van der Waals surface area contributed by atoms with E-state index in [-0.39, 0.29) is 5.75 Å². The van der Waals surface area contributed by atoms with Crippen molar-refractivity contribution >= 4 is 21.4 Å². The largest absolute Gasteiger partial charge is 0.508 e. The number of hydrogen-bond acceptors (Lipinski definition) is 3. The van der Waals surface area contributed by atoms with Crippen LogP contribution in [0.1, 0.15) is 17.2 Å². The second-order valence-corrected chi connectivity index (χ2v) is 5.48. The van der Waals surface area contributed by atoms with E-state index in [1.165, 1.54) is 4.70 Å². The number of aliphatic hydroxyl groups excluding tert-OH is 1. The lowest BCUT2D eigenvalue weighted by Crippen LogP contribution is -2.00. The van der Waals surface area contributed by atoms with Gasteiger partial charge in [0, 0.05) is 11.1 Å². The van der Waals surface area contributed by atoms with Gasteiger partial charge in [-0.2, -0.15) is 0 Å². The summed E-state index contributed by atoms with van der Waals surface area (Å²) in [4.78, 5) is 0. The second-order valence-electron chi connectivity index (χ2n) is 4.57. The Bertz CT molecular complexity index is 685. The molecule has 0 fully saturated rings. The van der Waals surface area contributed by atoms with E-state index in [1.807, 2.05) is 35.7 Å². The van der Waals surface area contributed by atoms with E-state index in [2.05, 4.69) is 6.07 Å². The van der Waals surface area contributed by atoms with Crippen molar-refractivity contribution < 1.29 is 10.2 Å². The van der Waals surface area contributed by atoms with E-state index < -0.39 is 6.10 Å². The summed E-state index contributed by atoms with van der Waals surface area (Å²) in [5.41, 5.74) is 1.99. The quantitative estimate of drug-likeness (QED) is 0.758. The highest BCUT2D eigenvalue weighted by atomic mass is 32.1. The molecule has 3 aromatic rings. The zero-order valence-electron chi connectivity index (χ0n) is 10.3. The average molecular weight is 270 g/mol. The molecular formula is C16H14O2S. The Morgan fingerprint density at radius 2 is 1.74 bits per heavy atom. The highest BCUT2D eigenvalue weighted by molar-refractivity contribution is 7.17. The Morgan fingerprint density at radius 1 is 1.00 bits per heavy atom. The number of benzene rings is 2. The Hall–Kier alpha value is -1.84. The molecule has 0 radical (unpaired) electrons. The number of phenolic OH excluding ortho intramolecular Hbond substituents is 1. The number of aromatic hydroxyl groups is 1. The third kappa shape index (κ3) is 2.48. The van der Waals surface area contributed by atoms with Crippen LogP contribution in [-0.2, 0) is 6.42 Å². The van der Waals surface area contributed by atoms with Crippen molar-refractivity contribution in [3.63, 3.8) is 0 Å². The molecule has 0 saturated carbocycles. The molecule has 1 unspecified atom stereocenters. The number of phenols is 1. The van der Waals surface area contributed by atoms with Crippen LogP contribution in [0.4, 0.5) is 0 Å². The van der Waals surface area contributed by atoms with Gasteiger partial charge in [0.2, 0.25) is 0 Å². The highest BCUT2D eigenvalue weighted by Crippen LogP contribution is 2.31. The SMILES string of the molecule is Oc1ccc(CC(O)c2csc3ccccc23)cc1. The van der Waals surface area contributed by atoms with Crippen LogP contribution in [-0.4, -0.2) is 10.2 Å². The Balaban J connectivity index is 1.87. The van der Waals surface area contributed by atoms with Crippen LogP contribution in [0.2, 0.25) is 0 Å². The lowest BCUT2D eigenvalue weighted by Gasteiger charge is -2.10. The van der Waals surface area contributed by atoms with Crippen molar-refractivity contribution in [2.45, 2.75) is 12.5 Å². The average Bonchev–Trinajstić information content (AvgIpc) is 2.85. The summed E-state index contributed by atoms with van der Waals surface area (Å²) in [6, 6.07) is 15.1. The number of thiophene rings is 1. The van der Waals surface area contributed by atoms with E-state index >= 15 is 0 Å². The zero-order chi connectivity index (χ0) is 13.2. The summed E-state index contributed by atoms with van der Waals surface area (Å²) < 4.78 is 1.20. The Kier molecular flexibility index (Phi) is 3.23. The molecule has 0 aliphatic rings. The van der Waals surface area contributed by atoms with Crippen molar-refractivity contribution in [2.75, 3.05) is 0 Å². The molecule has 0 bridgehead atoms. The molecule has 0 spiro atoms. The Morgan fingerprint density at radius 3 is 2.53 bits per heavy atom. The molecule has 0 aliphatic heterocycles. The fraction of sp³-hybridized carbons (Fsp3) is 0.125. The molecule has 3 heteroatoms. The molecule has 2 N–H and O–H groups in total. The maximum atomic E-state index is 10.4. The summed E-state index contributed by atoms with van der Waals surface area (Å²) in [6.45, 7) is 0. The maximum Gasteiger partial charge on any atom is 0.115 e. The van der Waals surface area contributed by atoms with Gasteiger partial charge >= 0.3 is 0 Å². The van der Waals surface area contributed by atoms with Gasteiger partial charge in [-0.3, -0.25) is 0 Å². The maximum absolute atomic E-state index is 10.4. The molecule has 0 amide bonds. The van der Waals surface area contributed by atoms with Gasteiger partial charge in [0.05, 0.1) is 6.10 Å². The summed E-state index contributed by atoms with van der Waals surface area (Å²) in [5.74, 6) is 0.249. The molecule has 1 aromatic heterocycles. The molecule has 0 saturated heterocycles. The molecule has 2 aromatic carbocycles. The molecule has 19 heavy (non-hydrogen) atoms. The van der Waals surface area contributed by atoms with E-state index in [0.717, 1.165) is 16.5 Å². The fourth-order valence-corrected chi connectivity index (χ4v) is 3.23. The van der Waals surface area contributed by atoms with Gasteiger partial charge < -0.3 is 10.2 Å². The van der Waals surface area contributed by atoms with E-state index in [9.17, 15) is 10.2 Å². The van der Waals surface area contributed by atoms with Crippen molar-refractivity contribution in [1.29, 1.82) is 0 Å². The summed E-state index contributed by atoms with van der Waals surface area (Å²) in [5, 5.41) is 22.8. The van der Waals surface area contributed by atoms with Gasteiger partial charge in [0.25, 0.3) is 0 Å². The van der Waals surface area contributed by atoms with E-state index in [1.54, 1.807) is 23.5 Å². The van der Waals surface area contributed by atoms with Crippen molar-refractivity contribution in [2.24, 2.45) is 0 Å². The van der Waals surface area contributed by atoms with Crippen LogP contribution in [0.5, 0.6) is 5.75 Å². The third-order valence-corrected chi connectivity index (χ3v) is 4.22. The minimum Gasteiger partial charge on any atom is -0.508 e. The van der Waals surface area contributed by atoms with E-state index in [4.69, 9.17) is 0 Å². The first-order chi connectivity index (χ1) is 9.24. The highest BCUT2D eigenvalue weighted by Gasteiger charge is 2.13. The monoisotopic (exact) mass is 270 g/mol. The molecule has 1 atom stereocenters. The predicted molar refractivity (Wildman–Crippen MR) is 78.6 cm³/mol. The zero-order valence-corrected chi connectivity index (χ0v) is 11.1. The topological polar surface area (TPSA) is 40.5 Å². The molecule has 2 nitrogen and oxygen atoms in total. The van der Waals surface area contributed by atoms with Crippen LogP contribution in [0.15, 0.2) is 53.9 Å². The molecule has 1 heterocycles. The number of fused-ring (bicyclic) bond motifs is 1. The fourth-order valence-electron chi connectivity index (χ4n) is 2.22. The normalized spacial score (nSPS) is 12.7. The standard InChI is InChI=1S/C16H14O2S/c17-12-7-5-11(6-8-12)9-15(18)14-10-19-16-4-2-1-3-13(14)16/h1-8,10,15,17-18H,9H2. The van der Waals surface area contributed by atoms with Gasteiger partial charge in [-0.05, 0) is 40.1 Å². The van der Waals surface area contributed by atoms with Crippen LogP contribution >= 0.6 is 11.3 Å². The van der Waals surface area contributed by atoms with Gasteiger partial charge in [-0.25, -0.2) is 0 Å². The predicted octanol–water partition coefficient (Wildman–Crippen LogP) is 3.88. The summed E-state index contributed by atoms with van der Waals surface area (Å²) in [7, 11) is 0. The van der Waals surface area contributed by atoms with Crippen LogP contribution < -0.4 is 0 Å². The van der Waals surface area contributed by atoms with Crippen molar-refractivity contribution in [3.05, 3.63) is 65.0 Å². The smallest absolute Gasteiger partial charge is 0.115 e.